The maximum absolute atomic E-state index is 13.2. The number of nitrogens with one attached hydrogen (secondary N) is 2. The molecule has 0 aliphatic heterocycles. The summed E-state index contributed by atoms with van der Waals surface area (Å²) in [5.41, 5.74) is 2.17. The number of nitrogens with zero attached hydrogens (tertiary/aromatic N) is 1. The van der Waals surface area contributed by atoms with Crippen LogP contribution in [0.1, 0.15) is 27.8 Å². The Morgan fingerprint density at radius 3 is 2.22 bits per heavy atom. The van der Waals surface area contributed by atoms with Crippen LogP contribution in [0.2, 0.25) is 0 Å². The van der Waals surface area contributed by atoms with Crippen LogP contribution < -0.4 is 10.6 Å². The van der Waals surface area contributed by atoms with Gasteiger partial charge in [-0.1, -0.05) is 0 Å². The van der Waals surface area contributed by atoms with E-state index in [1.54, 1.807) is 30.3 Å². The Labute approximate surface area is 154 Å². The molecule has 0 atom stereocenters. The van der Waals surface area contributed by atoms with Crippen molar-refractivity contribution in [2.45, 2.75) is 6.92 Å². The molecule has 0 saturated carbocycles. The number of benzene rings is 2. The zero-order valence-corrected chi connectivity index (χ0v) is 14.3. The highest BCUT2D eigenvalue weighted by atomic mass is 19.2. The molecule has 1 amide bonds. The summed E-state index contributed by atoms with van der Waals surface area (Å²) < 4.78 is 26.2. The fraction of sp³-hybridized carbons (Fsp3) is 0.0500. The van der Waals surface area contributed by atoms with E-state index in [0.717, 1.165) is 17.8 Å². The molecule has 1 aromatic heterocycles. The van der Waals surface area contributed by atoms with Crippen LogP contribution in [0.3, 0.4) is 0 Å². The van der Waals surface area contributed by atoms with E-state index >= 15 is 0 Å². The number of hydrogen-bond donors (Lipinski definition) is 2. The highest BCUT2D eigenvalue weighted by molar-refractivity contribution is 6.03. The van der Waals surface area contributed by atoms with Crippen LogP contribution in [-0.4, -0.2) is 16.7 Å². The first-order valence-electron chi connectivity index (χ1n) is 8.03. The average molecular weight is 367 g/mol. The summed E-state index contributed by atoms with van der Waals surface area (Å²) in [6, 6.07) is 13.2. The molecule has 3 rings (SSSR count). The van der Waals surface area contributed by atoms with Gasteiger partial charge >= 0.3 is 0 Å². The van der Waals surface area contributed by atoms with Gasteiger partial charge in [0.1, 0.15) is 5.69 Å². The molecule has 0 aliphatic carbocycles. The molecule has 5 nitrogen and oxygen atoms in total. The number of amides is 1. The fourth-order valence-corrected chi connectivity index (χ4v) is 2.36. The zero-order chi connectivity index (χ0) is 19.4. The van der Waals surface area contributed by atoms with E-state index in [-0.39, 0.29) is 17.2 Å². The second kappa shape index (κ2) is 7.74. The van der Waals surface area contributed by atoms with E-state index in [1.165, 1.54) is 25.3 Å². The molecule has 2 aromatic carbocycles. The molecule has 0 radical (unpaired) electrons. The number of rotatable bonds is 5. The lowest BCUT2D eigenvalue weighted by Gasteiger charge is -2.09. The van der Waals surface area contributed by atoms with Gasteiger partial charge in [-0.15, -0.1) is 0 Å². The summed E-state index contributed by atoms with van der Waals surface area (Å²) in [4.78, 5) is 27.6. The molecule has 2 N–H and O–H groups in total. The van der Waals surface area contributed by atoms with Crippen molar-refractivity contribution < 1.29 is 18.4 Å². The minimum Gasteiger partial charge on any atom is -0.355 e. The number of aromatic nitrogens is 1. The topological polar surface area (TPSA) is 71.1 Å². The van der Waals surface area contributed by atoms with Crippen molar-refractivity contribution in [3.05, 3.63) is 83.7 Å². The first kappa shape index (κ1) is 18.2. The molecule has 1 heterocycles. The number of pyridine rings is 1. The van der Waals surface area contributed by atoms with Crippen molar-refractivity contribution in [3.63, 3.8) is 0 Å². The first-order valence-corrected chi connectivity index (χ1v) is 8.03. The molecular formula is C20H15F2N3O2. The fourth-order valence-electron chi connectivity index (χ4n) is 2.36. The van der Waals surface area contributed by atoms with E-state index in [9.17, 15) is 18.4 Å². The Morgan fingerprint density at radius 1 is 0.852 bits per heavy atom. The molecule has 0 aliphatic rings. The standard InChI is InChI=1S/C20H15F2N3O2/c1-12(26)13-2-4-14(5-3-13)24-16-8-9-23-19(11-16)20(27)25-15-6-7-17(21)18(22)10-15/h2-11H,1H3,(H,23,24)(H,25,27). The molecule has 0 unspecified atom stereocenters. The SMILES string of the molecule is CC(=O)c1ccc(Nc2ccnc(C(=O)Nc3ccc(F)c(F)c3)c2)cc1. The summed E-state index contributed by atoms with van der Waals surface area (Å²) in [6.07, 6.45) is 1.45. The molecule has 0 spiro atoms. The lowest BCUT2D eigenvalue weighted by Crippen LogP contribution is -2.14. The molecule has 0 bridgehead atoms. The molecular weight excluding hydrogens is 352 g/mol. The summed E-state index contributed by atoms with van der Waals surface area (Å²) in [6.45, 7) is 1.49. The van der Waals surface area contributed by atoms with Gasteiger partial charge in [0.25, 0.3) is 5.91 Å². The van der Waals surface area contributed by atoms with Gasteiger partial charge in [-0.25, -0.2) is 8.78 Å². The van der Waals surface area contributed by atoms with Gasteiger partial charge in [0.15, 0.2) is 17.4 Å². The number of ketones is 1. The lowest BCUT2D eigenvalue weighted by atomic mass is 10.1. The Kier molecular flexibility index (Phi) is 5.21. The summed E-state index contributed by atoms with van der Waals surface area (Å²) >= 11 is 0. The third kappa shape index (κ3) is 4.52. The van der Waals surface area contributed by atoms with Crippen LogP contribution in [-0.2, 0) is 0 Å². The second-order valence-electron chi connectivity index (χ2n) is 5.77. The molecule has 3 aromatic rings. The molecule has 7 heteroatoms. The van der Waals surface area contributed by atoms with E-state index < -0.39 is 17.5 Å². The van der Waals surface area contributed by atoms with Crippen LogP contribution in [0.4, 0.5) is 25.8 Å². The predicted molar refractivity (Wildman–Crippen MR) is 98.3 cm³/mol. The normalized spacial score (nSPS) is 10.3. The summed E-state index contributed by atoms with van der Waals surface area (Å²) in [5.74, 6) is -2.63. The molecule has 0 fully saturated rings. The Hall–Kier alpha value is -3.61. The third-order valence-corrected chi connectivity index (χ3v) is 3.75. The predicted octanol–water partition coefficient (Wildman–Crippen LogP) is 4.56. The van der Waals surface area contributed by atoms with Gasteiger partial charge in [-0.2, -0.15) is 0 Å². The zero-order valence-electron chi connectivity index (χ0n) is 14.3. The number of carbonyl (C=O) groups is 2. The number of Topliss-reactive ketones (excluding diaryl/α,β-unsaturated/α-hetero) is 1. The average Bonchev–Trinajstić information content (AvgIpc) is 2.65. The second-order valence-corrected chi connectivity index (χ2v) is 5.77. The van der Waals surface area contributed by atoms with Crippen molar-refractivity contribution >= 4 is 28.8 Å². The van der Waals surface area contributed by atoms with Crippen molar-refractivity contribution in [2.24, 2.45) is 0 Å². The van der Waals surface area contributed by atoms with Gasteiger partial charge in [-0.3, -0.25) is 14.6 Å². The summed E-state index contributed by atoms with van der Waals surface area (Å²) in [7, 11) is 0. The van der Waals surface area contributed by atoms with Gasteiger partial charge in [0.2, 0.25) is 0 Å². The molecule has 136 valence electrons. The number of halogens is 2. The number of hydrogen-bond acceptors (Lipinski definition) is 4. The minimum atomic E-state index is -1.05. The van der Waals surface area contributed by atoms with Crippen LogP contribution in [0, 0.1) is 11.6 Å². The monoisotopic (exact) mass is 367 g/mol. The van der Waals surface area contributed by atoms with Crippen LogP contribution >= 0.6 is 0 Å². The van der Waals surface area contributed by atoms with Gasteiger partial charge in [-0.05, 0) is 55.5 Å². The van der Waals surface area contributed by atoms with Crippen molar-refractivity contribution in [2.75, 3.05) is 10.6 Å². The van der Waals surface area contributed by atoms with Gasteiger partial charge < -0.3 is 10.6 Å². The largest absolute Gasteiger partial charge is 0.355 e. The van der Waals surface area contributed by atoms with E-state index in [0.29, 0.717) is 11.3 Å². The Balaban J connectivity index is 1.73. The van der Waals surface area contributed by atoms with Crippen LogP contribution in [0.5, 0.6) is 0 Å². The quantitative estimate of drug-likeness (QED) is 0.649. The third-order valence-electron chi connectivity index (χ3n) is 3.75. The summed E-state index contributed by atoms with van der Waals surface area (Å²) in [5, 5.41) is 5.57. The minimum absolute atomic E-state index is 0.0263. The number of carbonyl (C=O) groups excluding carboxylic acids is 2. The van der Waals surface area contributed by atoms with Gasteiger partial charge in [0, 0.05) is 34.9 Å². The van der Waals surface area contributed by atoms with Crippen LogP contribution in [0.15, 0.2) is 60.8 Å². The Bertz CT molecular complexity index is 1000. The van der Waals surface area contributed by atoms with Gasteiger partial charge in [0.05, 0.1) is 0 Å². The molecule has 0 saturated heterocycles. The lowest BCUT2D eigenvalue weighted by molar-refractivity contribution is 0.101. The maximum Gasteiger partial charge on any atom is 0.274 e. The Morgan fingerprint density at radius 2 is 1.56 bits per heavy atom. The van der Waals surface area contributed by atoms with E-state index in [4.69, 9.17) is 0 Å². The number of anilines is 3. The van der Waals surface area contributed by atoms with Crippen molar-refractivity contribution in [3.8, 4) is 0 Å². The highest BCUT2D eigenvalue weighted by Gasteiger charge is 2.11. The van der Waals surface area contributed by atoms with Crippen molar-refractivity contribution in [1.29, 1.82) is 0 Å². The molecule has 27 heavy (non-hydrogen) atoms. The highest BCUT2D eigenvalue weighted by Crippen LogP contribution is 2.19. The van der Waals surface area contributed by atoms with Crippen molar-refractivity contribution in [1.82, 2.24) is 4.98 Å². The van der Waals surface area contributed by atoms with Crippen LogP contribution in [0.25, 0.3) is 0 Å². The van der Waals surface area contributed by atoms with E-state index in [2.05, 4.69) is 15.6 Å². The maximum atomic E-state index is 13.2. The van der Waals surface area contributed by atoms with E-state index in [1.807, 2.05) is 0 Å². The first-order chi connectivity index (χ1) is 12.9. The smallest absolute Gasteiger partial charge is 0.274 e.